The minimum absolute atomic E-state index is 0.0267. The average molecular weight is 475 g/mol. The summed E-state index contributed by atoms with van der Waals surface area (Å²) in [6.07, 6.45) is 0. The van der Waals surface area contributed by atoms with Crippen LogP contribution in [0.3, 0.4) is 0 Å². The zero-order valence-corrected chi connectivity index (χ0v) is 19.2. The van der Waals surface area contributed by atoms with Crippen molar-refractivity contribution in [3.8, 4) is 11.5 Å². The predicted molar refractivity (Wildman–Crippen MR) is 124 cm³/mol. The molecular formula is C23H23ClN2O5S. The van der Waals surface area contributed by atoms with Crippen LogP contribution in [0.1, 0.15) is 5.56 Å². The van der Waals surface area contributed by atoms with Crippen LogP contribution in [-0.2, 0) is 21.4 Å². The Kier molecular flexibility index (Phi) is 7.61. The zero-order chi connectivity index (χ0) is 23.1. The van der Waals surface area contributed by atoms with Gasteiger partial charge in [0.15, 0.2) is 0 Å². The Morgan fingerprint density at radius 1 is 0.938 bits per heavy atom. The van der Waals surface area contributed by atoms with E-state index >= 15 is 0 Å². The molecule has 0 aliphatic carbocycles. The third kappa shape index (κ3) is 5.72. The fourth-order valence-corrected chi connectivity index (χ4v) is 4.59. The molecule has 0 saturated heterocycles. The molecule has 0 atom stereocenters. The van der Waals surface area contributed by atoms with Crippen molar-refractivity contribution in [2.45, 2.75) is 11.4 Å². The van der Waals surface area contributed by atoms with E-state index in [1.54, 1.807) is 49.6 Å². The molecule has 1 N–H and O–H groups in total. The van der Waals surface area contributed by atoms with Gasteiger partial charge in [0.2, 0.25) is 5.91 Å². The Morgan fingerprint density at radius 3 is 2.28 bits per heavy atom. The second-order valence-electron chi connectivity index (χ2n) is 6.80. The van der Waals surface area contributed by atoms with Crippen LogP contribution in [0.2, 0.25) is 5.02 Å². The second-order valence-corrected chi connectivity index (χ2v) is 9.09. The van der Waals surface area contributed by atoms with E-state index in [0.717, 1.165) is 9.87 Å². The summed E-state index contributed by atoms with van der Waals surface area (Å²) in [5.41, 5.74) is 1.11. The summed E-state index contributed by atoms with van der Waals surface area (Å²) in [4.78, 5) is 12.7. The van der Waals surface area contributed by atoms with Crippen LogP contribution in [0.4, 0.5) is 5.69 Å². The molecule has 0 fully saturated rings. The van der Waals surface area contributed by atoms with Crippen molar-refractivity contribution in [3.63, 3.8) is 0 Å². The van der Waals surface area contributed by atoms with Gasteiger partial charge in [0.25, 0.3) is 10.0 Å². The van der Waals surface area contributed by atoms with Crippen molar-refractivity contribution < 1.29 is 22.7 Å². The maximum Gasteiger partial charge on any atom is 0.264 e. The first kappa shape index (κ1) is 23.4. The lowest BCUT2D eigenvalue weighted by Crippen LogP contribution is -2.40. The first-order chi connectivity index (χ1) is 15.3. The Morgan fingerprint density at radius 2 is 1.62 bits per heavy atom. The molecule has 0 radical (unpaired) electrons. The lowest BCUT2D eigenvalue weighted by atomic mass is 10.2. The minimum atomic E-state index is -4.05. The largest absolute Gasteiger partial charge is 0.497 e. The van der Waals surface area contributed by atoms with Gasteiger partial charge < -0.3 is 14.8 Å². The summed E-state index contributed by atoms with van der Waals surface area (Å²) in [6.45, 7) is -0.194. The predicted octanol–water partition coefficient (Wildman–Crippen LogP) is 3.87. The van der Waals surface area contributed by atoms with Crippen molar-refractivity contribution in [1.29, 1.82) is 0 Å². The van der Waals surface area contributed by atoms with Gasteiger partial charge in [0.1, 0.15) is 18.0 Å². The van der Waals surface area contributed by atoms with Crippen LogP contribution < -0.4 is 19.1 Å². The van der Waals surface area contributed by atoms with Gasteiger partial charge in [0, 0.05) is 11.6 Å². The van der Waals surface area contributed by atoms with E-state index in [0.29, 0.717) is 16.5 Å². The summed E-state index contributed by atoms with van der Waals surface area (Å²) >= 11 is 6.08. The summed E-state index contributed by atoms with van der Waals surface area (Å²) < 4.78 is 38.1. The monoisotopic (exact) mass is 474 g/mol. The third-order valence-electron chi connectivity index (χ3n) is 4.65. The topological polar surface area (TPSA) is 84.9 Å². The number of amides is 1. The lowest BCUT2D eigenvalue weighted by molar-refractivity contribution is -0.119. The molecule has 32 heavy (non-hydrogen) atoms. The first-order valence-electron chi connectivity index (χ1n) is 9.65. The second kappa shape index (κ2) is 10.4. The zero-order valence-electron chi connectivity index (χ0n) is 17.6. The van der Waals surface area contributed by atoms with Crippen LogP contribution in [-0.4, -0.2) is 35.1 Å². The molecule has 0 saturated carbocycles. The molecular weight excluding hydrogens is 452 g/mol. The fraction of sp³-hybridized carbons (Fsp3) is 0.174. The van der Waals surface area contributed by atoms with Gasteiger partial charge in [-0.1, -0.05) is 29.8 Å². The summed E-state index contributed by atoms with van der Waals surface area (Å²) in [5, 5.41) is 3.11. The van der Waals surface area contributed by atoms with Gasteiger partial charge >= 0.3 is 0 Å². The number of sulfonamides is 1. The molecule has 0 unspecified atom stereocenters. The molecule has 1 amide bonds. The van der Waals surface area contributed by atoms with Crippen LogP contribution in [0, 0.1) is 0 Å². The van der Waals surface area contributed by atoms with Gasteiger partial charge in [-0.25, -0.2) is 8.42 Å². The molecule has 0 heterocycles. The summed E-state index contributed by atoms with van der Waals surface area (Å²) in [5.74, 6) is 0.721. The molecule has 0 aliphatic rings. The Labute approximate surface area is 192 Å². The maximum absolute atomic E-state index is 13.4. The van der Waals surface area contributed by atoms with Gasteiger partial charge in [-0.3, -0.25) is 9.10 Å². The van der Waals surface area contributed by atoms with Crippen molar-refractivity contribution in [1.82, 2.24) is 5.32 Å². The molecule has 0 aliphatic heterocycles. The van der Waals surface area contributed by atoms with E-state index in [1.165, 1.54) is 25.3 Å². The van der Waals surface area contributed by atoms with E-state index < -0.39 is 22.5 Å². The number of carbonyl (C=O) groups excluding carboxylic acids is 1. The van der Waals surface area contributed by atoms with Gasteiger partial charge in [-0.2, -0.15) is 0 Å². The molecule has 168 valence electrons. The van der Waals surface area contributed by atoms with E-state index in [4.69, 9.17) is 21.1 Å². The minimum Gasteiger partial charge on any atom is -0.497 e. The van der Waals surface area contributed by atoms with Crippen molar-refractivity contribution in [2.75, 3.05) is 25.1 Å². The van der Waals surface area contributed by atoms with Crippen molar-refractivity contribution >= 4 is 33.2 Å². The van der Waals surface area contributed by atoms with Gasteiger partial charge in [-0.05, 0) is 60.2 Å². The van der Waals surface area contributed by atoms with Crippen molar-refractivity contribution in [3.05, 3.63) is 83.4 Å². The highest BCUT2D eigenvalue weighted by Crippen LogP contribution is 2.27. The number of ether oxygens (including phenoxy) is 2. The van der Waals surface area contributed by atoms with E-state index in [-0.39, 0.29) is 17.1 Å². The molecule has 3 rings (SSSR count). The molecule has 0 bridgehead atoms. The van der Waals surface area contributed by atoms with Crippen LogP contribution in [0.25, 0.3) is 0 Å². The summed E-state index contributed by atoms with van der Waals surface area (Å²) in [7, 11) is -0.992. The van der Waals surface area contributed by atoms with Gasteiger partial charge in [-0.15, -0.1) is 0 Å². The number of anilines is 1. The van der Waals surface area contributed by atoms with Crippen LogP contribution in [0.15, 0.2) is 77.7 Å². The lowest BCUT2D eigenvalue weighted by Gasteiger charge is -2.24. The molecule has 3 aromatic carbocycles. The number of methoxy groups -OCH3 is 2. The van der Waals surface area contributed by atoms with E-state index in [9.17, 15) is 13.2 Å². The standard InChI is InChI=1S/C23H23ClN2O5S/c1-30-20-9-11-22(12-10-20)32(28,29)26(19-7-4-6-18(24)14-19)16-23(27)25-15-17-5-3-8-21(13-17)31-2/h3-14H,15-16H2,1-2H3,(H,25,27). The number of benzene rings is 3. The fourth-order valence-electron chi connectivity index (χ4n) is 2.99. The highest BCUT2D eigenvalue weighted by atomic mass is 35.5. The molecule has 9 heteroatoms. The maximum atomic E-state index is 13.4. The number of halogens is 1. The highest BCUT2D eigenvalue weighted by Gasteiger charge is 2.27. The molecule has 3 aromatic rings. The van der Waals surface area contributed by atoms with Gasteiger partial charge in [0.05, 0.1) is 24.8 Å². The average Bonchev–Trinajstić information content (AvgIpc) is 2.81. The number of carbonyl (C=O) groups is 1. The summed E-state index contributed by atoms with van der Waals surface area (Å²) in [6, 6.07) is 19.5. The number of hydrogen-bond acceptors (Lipinski definition) is 5. The number of rotatable bonds is 9. The van der Waals surface area contributed by atoms with E-state index in [1.807, 2.05) is 12.1 Å². The quantitative estimate of drug-likeness (QED) is 0.509. The normalized spacial score (nSPS) is 11.0. The van der Waals surface area contributed by atoms with Crippen molar-refractivity contribution in [2.24, 2.45) is 0 Å². The van der Waals surface area contributed by atoms with Crippen LogP contribution >= 0.6 is 11.6 Å². The van der Waals surface area contributed by atoms with Crippen LogP contribution in [0.5, 0.6) is 11.5 Å². The molecule has 0 spiro atoms. The SMILES string of the molecule is COc1ccc(S(=O)(=O)N(CC(=O)NCc2cccc(OC)c2)c2cccc(Cl)c2)cc1. The number of nitrogens with one attached hydrogen (secondary N) is 1. The Hall–Kier alpha value is -3.23. The Bertz CT molecular complexity index is 1180. The first-order valence-corrected chi connectivity index (χ1v) is 11.5. The number of nitrogens with zero attached hydrogens (tertiary/aromatic N) is 1. The molecule has 7 nitrogen and oxygen atoms in total. The van der Waals surface area contributed by atoms with E-state index in [2.05, 4.69) is 5.32 Å². The third-order valence-corrected chi connectivity index (χ3v) is 6.68. The molecule has 0 aromatic heterocycles. The number of hydrogen-bond donors (Lipinski definition) is 1. The Balaban J connectivity index is 1.84. The smallest absolute Gasteiger partial charge is 0.264 e. The highest BCUT2D eigenvalue weighted by molar-refractivity contribution is 7.92.